The van der Waals surface area contributed by atoms with E-state index in [-0.39, 0.29) is 5.84 Å². The SMILES string of the molecule is N=C(N)c1ccc(OCCON)nc1. The van der Waals surface area contributed by atoms with E-state index in [1.165, 1.54) is 6.20 Å². The van der Waals surface area contributed by atoms with Gasteiger partial charge in [0, 0.05) is 17.8 Å². The predicted molar refractivity (Wildman–Crippen MR) is 50.9 cm³/mol. The molecular weight excluding hydrogens is 184 g/mol. The largest absolute Gasteiger partial charge is 0.475 e. The van der Waals surface area contributed by atoms with Crippen molar-refractivity contribution < 1.29 is 9.57 Å². The summed E-state index contributed by atoms with van der Waals surface area (Å²) in [5.41, 5.74) is 5.81. The number of hydrogen-bond donors (Lipinski definition) is 3. The number of aromatic nitrogens is 1. The molecule has 6 nitrogen and oxygen atoms in total. The standard InChI is InChI=1S/C8H12N4O2/c9-8(10)6-1-2-7(12-5-6)13-3-4-14-11/h1-2,5H,3-4,11H2,(H3,9,10). The topological polar surface area (TPSA) is 107 Å². The fourth-order valence-electron chi connectivity index (χ4n) is 0.819. The minimum absolute atomic E-state index is 0.0191. The first-order valence-electron chi connectivity index (χ1n) is 3.99. The van der Waals surface area contributed by atoms with Gasteiger partial charge < -0.3 is 15.3 Å². The number of rotatable bonds is 5. The van der Waals surface area contributed by atoms with Crippen molar-refractivity contribution in [3.8, 4) is 5.88 Å². The minimum atomic E-state index is -0.0191. The van der Waals surface area contributed by atoms with Crippen LogP contribution < -0.4 is 16.4 Å². The summed E-state index contributed by atoms with van der Waals surface area (Å²) in [7, 11) is 0. The summed E-state index contributed by atoms with van der Waals surface area (Å²) in [6.07, 6.45) is 1.47. The number of nitrogens with zero attached hydrogens (tertiary/aromatic N) is 1. The van der Waals surface area contributed by atoms with Crippen LogP contribution in [0.5, 0.6) is 5.88 Å². The Labute approximate surface area is 81.3 Å². The molecular formula is C8H12N4O2. The maximum atomic E-state index is 7.13. The van der Waals surface area contributed by atoms with Crippen molar-refractivity contribution in [2.24, 2.45) is 11.6 Å². The Balaban J connectivity index is 2.51. The van der Waals surface area contributed by atoms with Crippen molar-refractivity contribution in [2.45, 2.75) is 0 Å². The average molecular weight is 196 g/mol. The number of nitrogen functional groups attached to an aromatic ring is 1. The third-order valence-electron chi connectivity index (χ3n) is 1.50. The van der Waals surface area contributed by atoms with Crippen molar-refractivity contribution >= 4 is 5.84 Å². The Morgan fingerprint density at radius 2 is 2.21 bits per heavy atom. The summed E-state index contributed by atoms with van der Waals surface area (Å²) in [5, 5.41) is 7.13. The lowest BCUT2D eigenvalue weighted by Gasteiger charge is -2.04. The maximum Gasteiger partial charge on any atom is 0.213 e. The smallest absolute Gasteiger partial charge is 0.213 e. The molecule has 5 N–H and O–H groups in total. The van der Waals surface area contributed by atoms with Crippen molar-refractivity contribution in [2.75, 3.05) is 13.2 Å². The first kappa shape index (κ1) is 10.4. The first-order chi connectivity index (χ1) is 6.74. The molecule has 0 aliphatic heterocycles. The molecule has 0 aromatic carbocycles. The number of amidine groups is 1. The molecule has 0 aliphatic rings. The van der Waals surface area contributed by atoms with E-state index in [9.17, 15) is 0 Å². The van der Waals surface area contributed by atoms with Crippen molar-refractivity contribution in [1.29, 1.82) is 5.41 Å². The molecule has 1 rings (SSSR count). The van der Waals surface area contributed by atoms with Gasteiger partial charge in [-0.3, -0.25) is 5.41 Å². The van der Waals surface area contributed by atoms with E-state index in [4.69, 9.17) is 21.8 Å². The van der Waals surface area contributed by atoms with Gasteiger partial charge in [0.2, 0.25) is 5.88 Å². The Morgan fingerprint density at radius 3 is 2.71 bits per heavy atom. The van der Waals surface area contributed by atoms with Crippen LogP contribution in [-0.2, 0) is 4.84 Å². The molecule has 1 aromatic heterocycles. The molecule has 0 fully saturated rings. The van der Waals surface area contributed by atoms with E-state index in [2.05, 4.69) is 9.82 Å². The van der Waals surface area contributed by atoms with Crippen LogP contribution in [0, 0.1) is 5.41 Å². The van der Waals surface area contributed by atoms with Crippen LogP contribution in [0.4, 0.5) is 0 Å². The molecule has 0 unspecified atom stereocenters. The maximum absolute atomic E-state index is 7.13. The average Bonchev–Trinajstić information content (AvgIpc) is 2.19. The van der Waals surface area contributed by atoms with Gasteiger partial charge in [-0.15, -0.1) is 0 Å². The molecule has 6 heteroatoms. The highest BCUT2D eigenvalue weighted by molar-refractivity contribution is 5.94. The van der Waals surface area contributed by atoms with E-state index in [0.29, 0.717) is 24.7 Å². The highest BCUT2D eigenvalue weighted by Crippen LogP contribution is 2.06. The second-order valence-corrected chi connectivity index (χ2v) is 2.52. The molecule has 0 atom stereocenters. The second-order valence-electron chi connectivity index (χ2n) is 2.52. The molecule has 0 aliphatic carbocycles. The summed E-state index contributed by atoms with van der Waals surface area (Å²) in [4.78, 5) is 8.25. The van der Waals surface area contributed by atoms with Gasteiger partial charge in [-0.2, -0.15) is 0 Å². The van der Waals surface area contributed by atoms with E-state index < -0.39 is 0 Å². The molecule has 0 saturated heterocycles. The summed E-state index contributed by atoms with van der Waals surface area (Å²) >= 11 is 0. The van der Waals surface area contributed by atoms with Gasteiger partial charge in [0.15, 0.2) is 0 Å². The normalized spacial score (nSPS) is 9.79. The van der Waals surface area contributed by atoms with Crippen LogP contribution >= 0.6 is 0 Å². The van der Waals surface area contributed by atoms with Crippen LogP contribution in [0.3, 0.4) is 0 Å². The second kappa shape index (κ2) is 5.15. The summed E-state index contributed by atoms with van der Waals surface area (Å²) in [6.45, 7) is 0.638. The Morgan fingerprint density at radius 1 is 1.43 bits per heavy atom. The Hall–Kier alpha value is -1.66. The highest BCUT2D eigenvalue weighted by Gasteiger charge is 1.98. The van der Waals surface area contributed by atoms with Gasteiger partial charge in [-0.25, -0.2) is 10.9 Å². The lowest BCUT2D eigenvalue weighted by atomic mass is 10.3. The van der Waals surface area contributed by atoms with Crippen molar-refractivity contribution in [1.82, 2.24) is 4.98 Å². The Kier molecular flexibility index (Phi) is 3.84. The quantitative estimate of drug-likeness (QED) is 0.258. The van der Waals surface area contributed by atoms with Crippen LogP contribution in [-0.4, -0.2) is 24.0 Å². The van der Waals surface area contributed by atoms with Gasteiger partial charge >= 0.3 is 0 Å². The van der Waals surface area contributed by atoms with Crippen LogP contribution in [0.2, 0.25) is 0 Å². The number of ether oxygens (including phenoxy) is 1. The zero-order chi connectivity index (χ0) is 10.4. The number of nitrogens with one attached hydrogen (secondary N) is 1. The molecule has 0 saturated carbocycles. The number of pyridine rings is 1. The molecule has 0 radical (unpaired) electrons. The van der Waals surface area contributed by atoms with Crippen LogP contribution in [0.15, 0.2) is 18.3 Å². The predicted octanol–water partition coefficient (Wildman–Crippen LogP) is -0.365. The summed E-state index contributed by atoms with van der Waals surface area (Å²) < 4.78 is 5.15. The Bertz CT molecular complexity index is 299. The number of hydrogen-bond acceptors (Lipinski definition) is 5. The lowest BCUT2D eigenvalue weighted by Crippen LogP contribution is -2.12. The van der Waals surface area contributed by atoms with Gasteiger partial charge in [-0.1, -0.05) is 0 Å². The van der Waals surface area contributed by atoms with Gasteiger partial charge in [0.1, 0.15) is 19.0 Å². The van der Waals surface area contributed by atoms with E-state index in [0.717, 1.165) is 0 Å². The first-order valence-corrected chi connectivity index (χ1v) is 3.99. The van der Waals surface area contributed by atoms with Gasteiger partial charge in [0.25, 0.3) is 0 Å². The third-order valence-corrected chi connectivity index (χ3v) is 1.50. The van der Waals surface area contributed by atoms with Gasteiger partial charge in [0.05, 0.1) is 0 Å². The zero-order valence-corrected chi connectivity index (χ0v) is 7.56. The summed E-state index contributed by atoms with van der Waals surface area (Å²) in [6, 6.07) is 3.29. The molecule has 1 heterocycles. The monoisotopic (exact) mass is 196 g/mol. The van der Waals surface area contributed by atoms with Crippen molar-refractivity contribution in [3.05, 3.63) is 23.9 Å². The van der Waals surface area contributed by atoms with Crippen molar-refractivity contribution in [3.63, 3.8) is 0 Å². The zero-order valence-electron chi connectivity index (χ0n) is 7.56. The molecule has 76 valence electrons. The minimum Gasteiger partial charge on any atom is -0.475 e. The van der Waals surface area contributed by atoms with E-state index in [1.807, 2.05) is 0 Å². The van der Waals surface area contributed by atoms with E-state index >= 15 is 0 Å². The lowest BCUT2D eigenvalue weighted by molar-refractivity contribution is 0.100. The molecule has 0 spiro atoms. The molecule has 14 heavy (non-hydrogen) atoms. The third kappa shape index (κ3) is 3.00. The van der Waals surface area contributed by atoms with E-state index in [1.54, 1.807) is 12.1 Å². The molecule has 1 aromatic rings. The fraction of sp³-hybridized carbons (Fsp3) is 0.250. The number of nitrogens with two attached hydrogens (primary N) is 2. The van der Waals surface area contributed by atoms with Crippen LogP contribution in [0.25, 0.3) is 0 Å². The van der Waals surface area contributed by atoms with Crippen LogP contribution in [0.1, 0.15) is 5.56 Å². The highest BCUT2D eigenvalue weighted by atomic mass is 16.6. The summed E-state index contributed by atoms with van der Waals surface area (Å²) in [5.74, 6) is 5.24. The fourth-order valence-corrected chi connectivity index (χ4v) is 0.819. The van der Waals surface area contributed by atoms with Gasteiger partial charge in [-0.05, 0) is 6.07 Å². The molecule has 0 bridgehead atoms. The molecule has 0 amide bonds.